The molecular weight excluding hydrogens is 237 g/mol. The number of hydrogen-bond donors (Lipinski definition) is 6. The van der Waals surface area contributed by atoms with E-state index in [2.05, 4.69) is 13.2 Å². The van der Waals surface area contributed by atoms with Crippen LogP contribution in [0.5, 0.6) is 0 Å². The van der Waals surface area contributed by atoms with Gasteiger partial charge >= 0.3 is 45.2 Å². The van der Waals surface area contributed by atoms with Crippen molar-refractivity contribution in [3.05, 3.63) is 13.2 Å². The van der Waals surface area contributed by atoms with Gasteiger partial charge in [0.1, 0.15) is 0 Å². The summed E-state index contributed by atoms with van der Waals surface area (Å²) in [6.45, 7) is 6.00. The van der Waals surface area contributed by atoms with Crippen LogP contribution in [0.4, 0.5) is 0 Å². The Morgan fingerprint density at radius 3 is 0.692 bits per heavy atom. The maximum absolute atomic E-state index is 8.88. The van der Waals surface area contributed by atoms with Crippen molar-refractivity contribution >= 4 is 45.2 Å². The van der Waals surface area contributed by atoms with Crippen LogP contribution in [0.25, 0.3) is 0 Å². The molecule has 0 bridgehead atoms. The van der Waals surface area contributed by atoms with Crippen LogP contribution in [0.2, 0.25) is 0 Å². The van der Waals surface area contributed by atoms with Gasteiger partial charge in [0, 0.05) is 0 Å². The second kappa shape index (κ2) is 11.0. The van der Waals surface area contributed by atoms with E-state index < -0.39 is 15.6 Å². The Balaban J connectivity index is -0.0000000491. The number of rotatable bonds is 0. The molecule has 0 fully saturated rings. The molecule has 0 aliphatic carbocycles. The van der Waals surface area contributed by atoms with E-state index in [1.165, 1.54) is 0 Å². The summed E-state index contributed by atoms with van der Waals surface area (Å²) in [6, 6.07) is 0. The normalized spacial score (nSPS) is 9.38. The molecule has 8 nitrogen and oxygen atoms in total. The van der Waals surface area contributed by atoms with Gasteiger partial charge in [-0.1, -0.05) is 0 Å². The van der Waals surface area contributed by atoms with Crippen molar-refractivity contribution in [2.75, 3.05) is 0 Å². The Morgan fingerprint density at radius 1 is 0.692 bits per heavy atom. The quantitative estimate of drug-likeness (QED) is 0.168. The first-order valence-electron chi connectivity index (χ1n) is 2.07. The van der Waals surface area contributed by atoms with Crippen LogP contribution < -0.4 is 0 Å². The fourth-order valence-corrected chi connectivity index (χ4v) is 0. The molecule has 0 aliphatic rings. The first-order chi connectivity index (χ1) is 5.00. The van der Waals surface area contributed by atoms with Crippen molar-refractivity contribution < 1.29 is 38.5 Å². The molecule has 11 heteroatoms. The average Bonchev–Trinajstić information content (AvgIpc) is 1.59. The maximum atomic E-state index is 8.88. The minimum atomic E-state index is -4.64. The van der Waals surface area contributed by atoms with Crippen molar-refractivity contribution in [3.63, 3.8) is 0 Å². The van der Waals surface area contributed by atoms with E-state index in [1.54, 1.807) is 0 Å². The van der Waals surface area contributed by atoms with E-state index in [-0.39, 0.29) is 29.6 Å². The molecular formula is C2H11NaO8P2. The minimum absolute atomic E-state index is 0. The van der Waals surface area contributed by atoms with Crippen molar-refractivity contribution in [1.82, 2.24) is 0 Å². The third-order valence-corrected chi connectivity index (χ3v) is 0. The van der Waals surface area contributed by atoms with Gasteiger partial charge in [-0.15, -0.1) is 13.2 Å². The van der Waals surface area contributed by atoms with Crippen molar-refractivity contribution in [2.45, 2.75) is 0 Å². The molecule has 6 N–H and O–H groups in total. The Hall–Kier alpha value is 0.960. The fraction of sp³-hybridized carbons (Fsp3) is 0. The standard InChI is InChI=1S/C2H4.Na.2H3O4P.H/c1-2;;2*1-5(2,3)4;/h1-2H2;;2*(H3,1,2,3,4);. The van der Waals surface area contributed by atoms with Crippen molar-refractivity contribution in [3.8, 4) is 0 Å². The molecule has 0 rings (SSSR count). The van der Waals surface area contributed by atoms with Crippen molar-refractivity contribution in [2.24, 2.45) is 0 Å². The zero-order valence-corrected chi connectivity index (χ0v) is 7.60. The van der Waals surface area contributed by atoms with Gasteiger partial charge in [-0.05, 0) is 0 Å². The third kappa shape index (κ3) is 1690. The predicted octanol–water partition coefficient (Wildman–Crippen LogP) is -1.70. The third-order valence-electron chi connectivity index (χ3n) is 0. The van der Waals surface area contributed by atoms with E-state index in [0.29, 0.717) is 0 Å². The predicted molar refractivity (Wildman–Crippen MR) is 46.9 cm³/mol. The van der Waals surface area contributed by atoms with E-state index in [0.717, 1.165) is 0 Å². The Labute approximate surface area is 96.7 Å². The Bertz CT molecular complexity index is 144. The van der Waals surface area contributed by atoms with Crippen LogP contribution in [0.15, 0.2) is 13.2 Å². The summed E-state index contributed by atoms with van der Waals surface area (Å²) in [6.07, 6.45) is 0. The van der Waals surface area contributed by atoms with Gasteiger partial charge in [0.2, 0.25) is 0 Å². The van der Waals surface area contributed by atoms with Gasteiger partial charge in [-0.2, -0.15) is 0 Å². The van der Waals surface area contributed by atoms with Gasteiger partial charge in [-0.25, -0.2) is 9.13 Å². The summed E-state index contributed by atoms with van der Waals surface area (Å²) in [7, 11) is -9.28. The topological polar surface area (TPSA) is 156 Å². The Kier molecular flexibility index (Phi) is 20.1. The zero-order chi connectivity index (χ0) is 11.0. The monoisotopic (exact) mass is 248 g/mol. The molecule has 0 atom stereocenters. The van der Waals surface area contributed by atoms with Crippen molar-refractivity contribution in [1.29, 1.82) is 0 Å². The molecule has 0 saturated carbocycles. The molecule has 0 radical (unpaired) electrons. The van der Waals surface area contributed by atoms with E-state index in [4.69, 9.17) is 38.5 Å². The summed E-state index contributed by atoms with van der Waals surface area (Å²) in [4.78, 5) is 43.1. The van der Waals surface area contributed by atoms with E-state index >= 15 is 0 Å². The first kappa shape index (κ1) is 23.6. The summed E-state index contributed by atoms with van der Waals surface area (Å²) in [5.74, 6) is 0. The summed E-state index contributed by atoms with van der Waals surface area (Å²) in [5.41, 5.74) is 0. The summed E-state index contributed by atoms with van der Waals surface area (Å²) in [5, 5.41) is 0. The van der Waals surface area contributed by atoms with Crippen LogP contribution in [0.1, 0.15) is 0 Å². The van der Waals surface area contributed by atoms with Crippen LogP contribution in [0, 0.1) is 0 Å². The van der Waals surface area contributed by atoms with Gasteiger partial charge in [0.25, 0.3) is 0 Å². The summed E-state index contributed by atoms with van der Waals surface area (Å²) < 4.78 is 17.8. The molecule has 78 valence electrons. The van der Waals surface area contributed by atoms with Gasteiger partial charge in [-0.3, -0.25) is 0 Å². The zero-order valence-electron chi connectivity index (χ0n) is 5.81. The molecule has 0 saturated heterocycles. The molecule has 13 heavy (non-hydrogen) atoms. The molecule has 0 aromatic rings. The summed E-state index contributed by atoms with van der Waals surface area (Å²) >= 11 is 0. The molecule has 0 spiro atoms. The fourth-order valence-electron chi connectivity index (χ4n) is 0. The van der Waals surface area contributed by atoms with Gasteiger partial charge < -0.3 is 29.4 Å². The van der Waals surface area contributed by atoms with E-state index in [1.807, 2.05) is 0 Å². The molecule has 0 aromatic carbocycles. The average molecular weight is 248 g/mol. The van der Waals surface area contributed by atoms with Crippen LogP contribution in [-0.2, 0) is 9.13 Å². The number of hydrogen-bond acceptors (Lipinski definition) is 2. The van der Waals surface area contributed by atoms with Crippen LogP contribution in [-0.4, -0.2) is 58.9 Å². The van der Waals surface area contributed by atoms with Crippen LogP contribution >= 0.6 is 15.6 Å². The van der Waals surface area contributed by atoms with Gasteiger partial charge in [0.05, 0.1) is 0 Å². The first-order valence-corrected chi connectivity index (χ1v) is 5.20. The van der Waals surface area contributed by atoms with Gasteiger partial charge in [0.15, 0.2) is 0 Å². The molecule has 0 unspecified atom stereocenters. The molecule has 0 amide bonds. The Morgan fingerprint density at radius 2 is 0.692 bits per heavy atom. The molecule has 0 heterocycles. The second-order valence-electron chi connectivity index (χ2n) is 1.03. The number of phosphoric acid groups is 2. The molecule has 0 aliphatic heterocycles. The second-order valence-corrected chi connectivity index (χ2v) is 3.08. The van der Waals surface area contributed by atoms with E-state index in [9.17, 15) is 0 Å². The van der Waals surface area contributed by atoms with Crippen LogP contribution in [0.3, 0.4) is 0 Å². The molecule has 0 aromatic heterocycles. The SMILES string of the molecule is C=C.O=P(O)(O)O.O=P(O)(O)O.[NaH].